The zero-order valence-corrected chi connectivity index (χ0v) is 18.0. The van der Waals surface area contributed by atoms with Crippen molar-refractivity contribution in [3.8, 4) is 0 Å². The normalized spacial score (nSPS) is 14.0. The van der Waals surface area contributed by atoms with Gasteiger partial charge in [-0.15, -0.1) is 11.3 Å². The first-order chi connectivity index (χ1) is 14.5. The highest BCUT2D eigenvalue weighted by molar-refractivity contribution is 7.17. The Kier molecular flexibility index (Phi) is 5.96. The van der Waals surface area contributed by atoms with Crippen molar-refractivity contribution in [2.75, 3.05) is 33.7 Å². The molecule has 2 amide bonds. The average Bonchev–Trinajstić information content (AvgIpc) is 3.29. The van der Waals surface area contributed by atoms with E-state index in [9.17, 15) is 9.59 Å². The standard InChI is InChI=1S/C22H25N5O2S/c1-25(2)11-6-10-23-21(28)15-27-22(29)19-13-20-18(9-12-30-20)26(19)14-17(24-27)16-7-4-3-5-8-16/h3-5,7-9,12-13H,6,10-11,14-15H2,1-2H3,(H,23,28). The lowest BCUT2D eigenvalue weighted by atomic mass is 10.1. The molecule has 0 atom stereocenters. The molecule has 0 unspecified atom stereocenters. The SMILES string of the molecule is CN(C)CCCNC(=O)CN1N=C(c2ccccc2)Cn2c(cc3sccc32)C1=O. The lowest BCUT2D eigenvalue weighted by molar-refractivity contribution is -0.121. The summed E-state index contributed by atoms with van der Waals surface area (Å²) in [7, 11) is 4.00. The van der Waals surface area contributed by atoms with E-state index in [0.29, 0.717) is 18.8 Å². The van der Waals surface area contributed by atoms with Crippen LogP contribution in [0.4, 0.5) is 0 Å². The van der Waals surface area contributed by atoms with E-state index in [1.54, 1.807) is 11.3 Å². The number of carbonyl (C=O) groups excluding carboxylic acids is 2. The second kappa shape index (κ2) is 8.81. The van der Waals surface area contributed by atoms with Gasteiger partial charge in [0.2, 0.25) is 5.91 Å². The van der Waals surface area contributed by atoms with Gasteiger partial charge in [0.25, 0.3) is 5.91 Å². The predicted molar refractivity (Wildman–Crippen MR) is 120 cm³/mol. The molecule has 8 heteroatoms. The molecule has 1 aliphatic rings. The van der Waals surface area contributed by atoms with Crippen molar-refractivity contribution in [3.63, 3.8) is 0 Å². The predicted octanol–water partition coefficient (Wildman–Crippen LogP) is 2.63. The zero-order valence-electron chi connectivity index (χ0n) is 17.2. The Labute approximate surface area is 179 Å². The summed E-state index contributed by atoms with van der Waals surface area (Å²) in [5.74, 6) is -0.465. The first-order valence-electron chi connectivity index (χ1n) is 9.96. The zero-order chi connectivity index (χ0) is 21.1. The first-order valence-corrected chi connectivity index (χ1v) is 10.8. The smallest absolute Gasteiger partial charge is 0.291 e. The number of nitrogens with one attached hydrogen (secondary N) is 1. The van der Waals surface area contributed by atoms with Gasteiger partial charge in [-0.25, -0.2) is 5.01 Å². The molecule has 2 aromatic heterocycles. The second-order valence-electron chi connectivity index (χ2n) is 7.57. The van der Waals surface area contributed by atoms with Crippen LogP contribution in [0.3, 0.4) is 0 Å². The van der Waals surface area contributed by atoms with Crippen molar-refractivity contribution >= 4 is 39.1 Å². The largest absolute Gasteiger partial charge is 0.354 e. The second-order valence-corrected chi connectivity index (χ2v) is 8.52. The summed E-state index contributed by atoms with van der Waals surface area (Å²) < 4.78 is 3.05. The van der Waals surface area contributed by atoms with Crippen LogP contribution in [-0.2, 0) is 11.3 Å². The van der Waals surface area contributed by atoms with Gasteiger partial charge in [-0.1, -0.05) is 30.3 Å². The van der Waals surface area contributed by atoms with Crippen LogP contribution < -0.4 is 5.32 Å². The minimum Gasteiger partial charge on any atom is -0.354 e. The third-order valence-corrected chi connectivity index (χ3v) is 5.88. The molecule has 1 aliphatic heterocycles. The van der Waals surface area contributed by atoms with Gasteiger partial charge >= 0.3 is 0 Å². The minimum atomic E-state index is -0.257. The maximum Gasteiger partial charge on any atom is 0.291 e. The Bertz CT molecular complexity index is 1080. The van der Waals surface area contributed by atoms with Crippen molar-refractivity contribution in [2.45, 2.75) is 13.0 Å². The molecular formula is C22H25N5O2S. The Morgan fingerprint density at radius 1 is 1.23 bits per heavy atom. The Morgan fingerprint density at radius 3 is 2.80 bits per heavy atom. The van der Waals surface area contributed by atoms with Gasteiger partial charge in [0.1, 0.15) is 12.2 Å². The molecule has 1 aromatic carbocycles. The van der Waals surface area contributed by atoms with Crippen molar-refractivity contribution < 1.29 is 9.59 Å². The molecule has 3 heterocycles. The molecule has 0 fully saturated rings. The van der Waals surface area contributed by atoms with Gasteiger partial charge in [0, 0.05) is 6.54 Å². The van der Waals surface area contributed by atoms with Crippen LogP contribution in [0.15, 0.2) is 52.9 Å². The van der Waals surface area contributed by atoms with E-state index >= 15 is 0 Å². The molecule has 3 aromatic rings. The topological polar surface area (TPSA) is 69.9 Å². The quantitative estimate of drug-likeness (QED) is 0.594. The van der Waals surface area contributed by atoms with Crippen molar-refractivity contribution in [3.05, 3.63) is 59.1 Å². The summed E-state index contributed by atoms with van der Waals surface area (Å²) in [6, 6.07) is 13.7. The van der Waals surface area contributed by atoms with E-state index in [1.165, 1.54) is 5.01 Å². The summed E-state index contributed by atoms with van der Waals surface area (Å²) in [6.07, 6.45) is 0.852. The van der Waals surface area contributed by atoms with Crippen LogP contribution in [-0.4, -0.2) is 65.7 Å². The summed E-state index contributed by atoms with van der Waals surface area (Å²) in [4.78, 5) is 27.8. The number of hydrazone groups is 1. The summed E-state index contributed by atoms with van der Waals surface area (Å²) in [6.45, 7) is 1.84. The van der Waals surface area contributed by atoms with Crippen molar-refractivity contribution in [1.82, 2.24) is 19.8 Å². The molecule has 1 N–H and O–H groups in total. The molecule has 156 valence electrons. The third kappa shape index (κ3) is 4.29. The minimum absolute atomic E-state index is 0.101. The fraction of sp³-hybridized carbons (Fsp3) is 0.318. The van der Waals surface area contributed by atoms with Crippen LogP contribution in [0.1, 0.15) is 22.5 Å². The first kappa shape index (κ1) is 20.3. The fourth-order valence-corrected chi connectivity index (χ4v) is 4.35. The number of fused-ring (bicyclic) bond motifs is 3. The maximum absolute atomic E-state index is 13.3. The average molecular weight is 424 g/mol. The number of hydrogen-bond donors (Lipinski definition) is 1. The third-order valence-electron chi connectivity index (χ3n) is 5.03. The summed E-state index contributed by atoms with van der Waals surface area (Å²) in [5, 5.41) is 10.8. The summed E-state index contributed by atoms with van der Waals surface area (Å²) in [5.41, 5.74) is 3.27. The lowest BCUT2D eigenvalue weighted by Crippen LogP contribution is -2.38. The van der Waals surface area contributed by atoms with Crippen molar-refractivity contribution in [2.24, 2.45) is 5.10 Å². The van der Waals surface area contributed by atoms with Crippen LogP contribution in [0.5, 0.6) is 0 Å². The highest BCUT2D eigenvalue weighted by atomic mass is 32.1. The van der Waals surface area contributed by atoms with Gasteiger partial charge in [0.15, 0.2) is 0 Å². The van der Waals surface area contributed by atoms with Crippen LogP contribution in [0.25, 0.3) is 10.2 Å². The molecule has 7 nitrogen and oxygen atoms in total. The molecule has 0 bridgehead atoms. The maximum atomic E-state index is 13.3. The number of nitrogens with zero attached hydrogens (tertiary/aromatic N) is 4. The van der Waals surface area contributed by atoms with Gasteiger partial charge in [-0.05, 0) is 50.1 Å². The summed E-state index contributed by atoms with van der Waals surface area (Å²) >= 11 is 1.60. The number of thiophene rings is 1. The number of hydrogen-bond acceptors (Lipinski definition) is 5. The molecule has 0 radical (unpaired) electrons. The number of aromatic nitrogens is 1. The molecule has 0 spiro atoms. The molecule has 0 saturated carbocycles. The van der Waals surface area contributed by atoms with E-state index in [-0.39, 0.29) is 18.4 Å². The van der Waals surface area contributed by atoms with Crippen LogP contribution in [0, 0.1) is 0 Å². The van der Waals surface area contributed by atoms with Gasteiger partial charge in [-0.3, -0.25) is 9.59 Å². The van der Waals surface area contributed by atoms with E-state index in [1.807, 2.05) is 66.5 Å². The van der Waals surface area contributed by atoms with E-state index in [0.717, 1.165) is 34.5 Å². The number of carbonyl (C=O) groups is 2. The number of benzene rings is 1. The Balaban J connectivity index is 1.60. The lowest BCUT2D eigenvalue weighted by Gasteiger charge is -2.16. The monoisotopic (exact) mass is 423 g/mol. The van der Waals surface area contributed by atoms with Crippen molar-refractivity contribution in [1.29, 1.82) is 0 Å². The fourth-order valence-electron chi connectivity index (χ4n) is 3.53. The molecule has 0 aliphatic carbocycles. The number of rotatable bonds is 7. The Morgan fingerprint density at radius 2 is 2.03 bits per heavy atom. The Hall–Kier alpha value is -2.97. The highest BCUT2D eigenvalue weighted by Crippen LogP contribution is 2.28. The van der Waals surface area contributed by atoms with Gasteiger partial charge in [-0.2, -0.15) is 5.10 Å². The molecular weight excluding hydrogens is 398 g/mol. The van der Waals surface area contributed by atoms with E-state index in [4.69, 9.17) is 0 Å². The van der Waals surface area contributed by atoms with Gasteiger partial charge < -0.3 is 14.8 Å². The van der Waals surface area contributed by atoms with E-state index < -0.39 is 0 Å². The highest BCUT2D eigenvalue weighted by Gasteiger charge is 2.28. The van der Waals surface area contributed by atoms with Crippen LogP contribution >= 0.6 is 11.3 Å². The van der Waals surface area contributed by atoms with E-state index in [2.05, 4.69) is 15.3 Å². The number of amides is 2. The van der Waals surface area contributed by atoms with Gasteiger partial charge in [0.05, 0.1) is 22.5 Å². The molecule has 30 heavy (non-hydrogen) atoms. The molecule has 0 saturated heterocycles. The molecule has 4 rings (SSSR count). The van der Waals surface area contributed by atoms with Crippen LogP contribution in [0.2, 0.25) is 0 Å².